The molecule has 0 fully saturated rings. The normalized spacial score (nSPS) is 14.1. The number of Topliss-reactive ketones (excluding diaryl/α,β-unsaturated/α-hetero) is 1. The third-order valence-corrected chi connectivity index (χ3v) is 7.32. The molecule has 0 bridgehead atoms. The first-order chi connectivity index (χ1) is 17.8. The molecule has 1 atom stereocenters. The second-order valence-electron chi connectivity index (χ2n) is 8.66. The molecule has 1 unspecified atom stereocenters. The number of benzene rings is 2. The largest absolute Gasteiger partial charge is 0.490 e. The fourth-order valence-electron chi connectivity index (χ4n) is 3.91. The molecule has 37 heavy (non-hydrogen) atoms. The van der Waals surface area contributed by atoms with Gasteiger partial charge in [-0.3, -0.25) is 14.1 Å². The van der Waals surface area contributed by atoms with Crippen LogP contribution < -0.4 is 19.5 Å². The van der Waals surface area contributed by atoms with Crippen LogP contribution >= 0.6 is 11.3 Å². The Morgan fingerprint density at radius 1 is 1.22 bits per heavy atom. The summed E-state index contributed by atoms with van der Waals surface area (Å²) in [5, 5.41) is 6.51. The molecular formula is C26H30N3O6S2. The van der Waals surface area contributed by atoms with E-state index in [0.717, 1.165) is 29.1 Å². The molecule has 0 amide bonds. The number of aromatic nitrogens is 1. The van der Waals surface area contributed by atoms with Crippen LogP contribution in [0.2, 0.25) is 0 Å². The number of rotatable bonds is 12. The molecule has 1 aliphatic rings. The van der Waals surface area contributed by atoms with Crippen molar-refractivity contribution in [3.63, 3.8) is 0 Å². The number of hydrogen-bond acceptors (Lipinski definition) is 8. The van der Waals surface area contributed by atoms with Crippen LogP contribution in [0.4, 0.5) is 5.69 Å². The highest BCUT2D eigenvalue weighted by atomic mass is 32.2. The second-order valence-corrected chi connectivity index (χ2v) is 10.7. The van der Waals surface area contributed by atoms with Gasteiger partial charge in [0.2, 0.25) is 0 Å². The average Bonchev–Trinajstić information content (AvgIpc) is 3.23. The van der Waals surface area contributed by atoms with E-state index >= 15 is 0 Å². The standard InChI is InChI=1S/C26H30N3O6S2/c1-2-20-17-36-26(28-20)22(15-18-6-9-21(10-7-18)29-37(31,32)33)27-12-3-5-23(30)19-8-11-24-25(16-19)35-14-4-13-34-24/h6,8-11,16-17,22,27,29H,2-5,12-15H2,1H3,(H,31,32,33). The van der Waals surface area contributed by atoms with Gasteiger partial charge < -0.3 is 14.8 Å². The predicted molar refractivity (Wildman–Crippen MR) is 142 cm³/mol. The molecule has 1 radical (unpaired) electrons. The summed E-state index contributed by atoms with van der Waals surface area (Å²) in [5.41, 5.74) is 2.72. The number of thiazole rings is 1. The van der Waals surface area contributed by atoms with Crippen molar-refractivity contribution in [1.82, 2.24) is 10.3 Å². The van der Waals surface area contributed by atoms with Crippen molar-refractivity contribution >= 4 is 33.1 Å². The molecule has 3 aromatic rings. The van der Waals surface area contributed by atoms with E-state index in [2.05, 4.69) is 18.3 Å². The molecule has 197 valence electrons. The summed E-state index contributed by atoms with van der Waals surface area (Å²) < 4.78 is 44.3. The third kappa shape index (κ3) is 8.00. The lowest BCUT2D eigenvalue weighted by Gasteiger charge is -2.17. The van der Waals surface area contributed by atoms with E-state index in [1.165, 1.54) is 6.07 Å². The molecule has 0 saturated heterocycles. The van der Waals surface area contributed by atoms with Crippen LogP contribution in [0.1, 0.15) is 58.9 Å². The summed E-state index contributed by atoms with van der Waals surface area (Å²) in [6, 6.07) is 13.1. The summed E-state index contributed by atoms with van der Waals surface area (Å²) in [6.45, 7) is 3.85. The lowest BCUT2D eigenvalue weighted by atomic mass is 10.0. The van der Waals surface area contributed by atoms with Gasteiger partial charge >= 0.3 is 10.3 Å². The van der Waals surface area contributed by atoms with Crippen LogP contribution in [0.3, 0.4) is 0 Å². The topological polar surface area (TPSA) is 127 Å². The highest BCUT2D eigenvalue weighted by molar-refractivity contribution is 7.87. The molecule has 4 rings (SSSR count). The molecule has 9 nitrogen and oxygen atoms in total. The van der Waals surface area contributed by atoms with Crippen LogP contribution in [0, 0.1) is 6.07 Å². The Bertz CT molecular complexity index is 1310. The van der Waals surface area contributed by atoms with Gasteiger partial charge in [0.05, 0.1) is 30.6 Å². The van der Waals surface area contributed by atoms with Crippen molar-refractivity contribution in [2.75, 3.05) is 24.5 Å². The maximum Gasteiger partial charge on any atom is 0.357 e. The Morgan fingerprint density at radius 3 is 2.73 bits per heavy atom. The zero-order valence-corrected chi connectivity index (χ0v) is 22.2. The highest BCUT2D eigenvalue weighted by Crippen LogP contribution is 2.31. The van der Waals surface area contributed by atoms with Crippen molar-refractivity contribution in [3.8, 4) is 11.5 Å². The first-order valence-corrected chi connectivity index (χ1v) is 14.5. The van der Waals surface area contributed by atoms with Gasteiger partial charge in [0.25, 0.3) is 0 Å². The van der Waals surface area contributed by atoms with E-state index in [9.17, 15) is 13.2 Å². The summed E-state index contributed by atoms with van der Waals surface area (Å²) in [6.07, 6.45) is 3.28. The monoisotopic (exact) mass is 544 g/mol. The number of ketones is 1. The second kappa shape index (κ2) is 12.5. The fourth-order valence-corrected chi connectivity index (χ4v) is 5.32. The Balaban J connectivity index is 1.35. The minimum absolute atomic E-state index is 0.0479. The van der Waals surface area contributed by atoms with Gasteiger partial charge in [-0.2, -0.15) is 8.42 Å². The molecular weight excluding hydrogens is 514 g/mol. The predicted octanol–water partition coefficient (Wildman–Crippen LogP) is 4.42. The van der Waals surface area contributed by atoms with E-state index in [-0.39, 0.29) is 17.5 Å². The number of fused-ring (bicyclic) bond motifs is 1. The Morgan fingerprint density at radius 2 is 2.03 bits per heavy atom. The van der Waals surface area contributed by atoms with Crippen molar-refractivity contribution in [2.24, 2.45) is 0 Å². The highest BCUT2D eigenvalue weighted by Gasteiger charge is 2.18. The van der Waals surface area contributed by atoms with Crippen LogP contribution in [0.5, 0.6) is 11.5 Å². The zero-order valence-electron chi connectivity index (χ0n) is 20.5. The van der Waals surface area contributed by atoms with Crippen molar-refractivity contribution in [2.45, 2.75) is 45.1 Å². The lowest BCUT2D eigenvalue weighted by molar-refractivity contribution is 0.0979. The zero-order chi connectivity index (χ0) is 26.3. The van der Waals surface area contributed by atoms with Crippen LogP contribution in [0.15, 0.2) is 41.8 Å². The van der Waals surface area contributed by atoms with Crippen molar-refractivity contribution in [3.05, 3.63) is 69.7 Å². The number of anilines is 1. The number of ether oxygens (including phenoxy) is 2. The molecule has 1 aromatic heterocycles. The van der Waals surface area contributed by atoms with Crippen molar-refractivity contribution in [1.29, 1.82) is 0 Å². The minimum Gasteiger partial charge on any atom is -0.490 e. The fraction of sp³-hybridized carbons (Fsp3) is 0.385. The Labute approximate surface area is 221 Å². The quantitative estimate of drug-likeness (QED) is 0.174. The lowest BCUT2D eigenvalue weighted by Crippen LogP contribution is -2.25. The van der Waals surface area contributed by atoms with Crippen LogP contribution in [0.25, 0.3) is 0 Å². The Kier molecular flexibility index (Phi) is 9.14. The van der Waals surface area contributed by atoms with E-state index in [1.807, 2.05) is 10.1 Å². The van der Waals surface area contributed by atoms with Crippen LogP contribution in [-0.4, -0.2) is 43.5 Å². The van der Waals surface area contributed by atoms with Gasteiger partial charge in [0.15, 0.2) is 17.3 Å². The molecule has 0 spiro atoms. The maximum atomic E-state index is 12.8. The van der Waals surface area contributed by atoms with Crippen molar-refractivity contribution < 1.29 is 27.2 Å². The van der Waals surface area contributed by atoms with E-state index in [1.54, 1.807) is 41.7 Å². The number of hydrogen-bond donors (Lipinski definition) is 3. The number of carbonyl (C=O) groups excluding carboxylic acids is 1. The van der Waals surface area contributed by atoms with Gasteiger partial charge in [-0.25, -0.2) is 4.98 Å². The maximum absolute atomic E-state index is 12.8. The summed E-state index contributed by atoms with van der Waals surface area (Å²) in [7, 11) is -4.34. The minimum atomic E-state index is -4.34. The third-order valence-electron chi connectivity index (χ3n) is 5.82. The molecule has 0 saturated carbocycles. The molecule has 11 heteroatoms. The summed E-state index contributed by atoms with van der Waals surface area (Å²) >= 11 is 1.58. The first kappa shape index (κ1) is 27.1. The Hall–Kier alpha value is -2.99. The van der Waals surface area contributed by atoms with Gasteiger partial charge in [-0.1, -0.05) is 13.0 Å². The van der Waals surface area contributed by atoms with Crippen LogP contribution in [-0.2, 0) is 23.1 Å². The van der Waals surface area contributed by atoms with E-state index in [0.29, 0.717) is 56.1 Å². The molecule has 2 aromatic carbocycles. The smallest absolute Gasteiger partial charge is 0.357 e. The van der Waals surface area contributed by atoms with Gasteiger partial charge in [0.1, 0.15) is 5.01 Å². The first-order valence-electron chi connectivity index (χ1n) is 12.2. The number of nitrogens with one attached hydrogen (secondary N) is 2. The number of aryl methyl sites for hydroxylation is 1. The molecule has 2 heterocycles. The van der Waals surface area contributed by atoms with Gasteiger partial charge in [0, 0.05) is 23.8 Å². The summed E-state index contributed by atoms with van der Waals surface area (Å²) in [5.74, 6) is 1.34. The average molecular weight is 545 g/mol. The molecule has 3 N–H and O–H groups in total. The number of carbonyl (C=O) groups is 1. The van der Waals surface area contributed by atoms with Gasteiger partial charge in [-0.05, 0) is 67.8 Å². The summed E-state index contributed by atoms with van der Waals surface area (Å²) in [4.78, 5) is 17.5. The molecule has 0 aliphatic carbocycles. The molecule has 1 aliphatic heterocycles. The SMILES string of the molecule is CCc1csc(C(Cc2[c]cc(NS(=O)(=O)O)cc2)NCCCC(=O)c2ccc3c(c2)OCCCO3)n1. The van der Waals surface area contributed by atoms with E-state index in [4.69, 9.17) is 19.0 Å². The van der Waals surface area contributed by atoms with E-state index < -0.39 is 10.3 Å². The number of nitrogens with zero attached hydrogens (tertiary/aromatic N) is 1. The van der Waals surface area contributed by atoms with Gasteiger partial charge in [-0.15, -0.1) is 11.3 Å².